The summed E-state index contributed by atoms with van der Waals surface area (Å²) in [6, 6.07) is 3.98. The molecule has 19 heavy (non-hydrogen) atoms. The highest BCUT2D eigenvalue weighted by Gasteiger charge is 2.12. The number of hydrogen-bond acceptors (Lipinski definition) is 2. The number of ether oxygens (including phenoxy) is 1. The maximum absolute atomic E-state index is 5.81. The van der Waals surface area contributed by atoms with E-state index in [9.17, 15) is 0 Å². The van der Waals surface area contributed by atoms with Crippen LogP contribution in [0.2, 0.25) is 0 Å². The van der Waals surface area contributed by atoms with Crippen molar-refractivity contribution in [1.29, 1.82) is 0 Å². The van der Waals surface area contributed by atoms with E-state index in [2.05, 4.69) is 50.0 Å². The Bertz CT molecular complexity index is 638. The molecule has 0 amide bonds. The van der Waals surface area contributed by atoms with E-state index >= 15 is 0 Å². The van der Waals surface area contributed by atoms with Crippen molar-refractivity contribution in [1.82, 2.24) is 4.98 Å². The molecule has 0 unspecified atom stereocenters. The van der Waals surface area contributed by atoms with Crippen molar-refractivity contribution in [3.63, 3.8) is 0 Å². The Morgan fingerprint density at radius 1 is 1.21 bits per heavy atom. The Hall–Kier alpha value is -1.13. The predicted octanol–water partition coefficient (Wildman–Crippen LogP) is 5.05. The largest absolute Gasteiger partial charge is 0.488 e. The summed E-state index contributed by atoms with van der Waals surface area (Å²) in [7, 11) is 0. The summed E-state index contributed by atoms with van der Waals surface area (Å²) < 4.78 is 7.73. The minimum atomic E-state index is 0.466. The van der Waals surface area contributed by atoms with Gasteiger partial charge in [-0.05, 0) is 34.5 Å². The third-order valence-electron chi connectivity index (χ3n) is 2.62. The molecule has 0 spiro atoms. The van der Waals surface area contributed by atoms with Crippen LogP contribution in [0, 0.1) is 0 Å². The first kappa shape index (κ1) is 14.3. The highest BCUT2D eigenvalue weighted by Crippen LogP contribution is 2.35. The summed E-state index contributed by atoms with van der Waals surface area (Å²) in [5.74, 6) is 0.840. The zero-order valence-electron chi connectivity index (χ0n) is 10.3. The molecule has 0 atom stereocenters. The van der Waals surface area contributed by atoms with Gasteiger partial charge in [0.25, 0.3) is 0 Å². The number of fused-ring (bicyclic) bond motifs is 1. The third-order valence-corrected chi connectivity index (χ3v) is 3.69. The fraction of sp³-hybridized carbons (Fsp3) is 0.133. The molecule has 1 aromatic carbocycles. The van der Waals surface area contributed by atoms with Gasteiger partial charge >= 0.3 is 0 Å². The van der Waals surface area contributed by atoms with Gasteiger partial charge < -0.3 is 4.74 Å². The molecule has 1 aromatic heterocycles. The second-order valence-electron chi connectivity index (χ2n) is 3.99. The smallest absolute Gasteiger partial charge is 0.134 e. The van der Waals surface area contributed by atoms with Crippen LogP contribution in [0.25, 0.3) is 10.9 Å². The van der Waals surface area contributed by atoms with E-state index < -0.39 is 0 Å². The van der Waals surface area contributed by atoms with Crippen molar-refractivity contribution >= 4 is 42.8 Å². The van der Waals surface area contributed by atoms with E-state index in [4.69, 9.17) is 4.74 Å². The van der Waals surface area contributed by atoms with E-state index in [1.54, 1.807) is 6.08 Å². The molecule has 2 rings (SSSR count). The highest BCUT2D eigenvalue weighted by atomic mass is 79.9. The van der Waals surface area contributed by atoms with Crippen molar-refractivity contribution < 1.29 is 4.74 Å². The van der Waals surface area contributed by atoms with Crippen LogP contribution in [0.1, 0.15) is 5.56 Å². The zero-order chi connectivity index (χ0) is 13.8. The summed E-state index contributed by atoms with van der Waals surface area (Å²) in [6.07, 6.45) is 6.13. The molecule has 0 aliphatic heterocycles. The summed E-state index contributed by atoms with van der Waals surface area (Å²) in [6.45, 7) is 7.92. The summed E-state index contributed by atoms with van der Waals surface area (Å²) in [5.41, 5.74) is 1.91. The molecule has 0 saturated heterocycles. The first-order chi connectivity index (χ1) is 9.17. The van der Waals surface area contributed by atoms with E-state index in [-0.39, 0.29) is 0 Å². The van der Waals surface area contributed by atoms with Gasteiger partial charge in [-0.25, -0.2) is 0 Å². The van der Waals surface area contributed by atoms with Gasteiger partial charge in [-0.15, -0.1) is 6.58 Å². The SMILES string of the molecule is C=CCOc1c(CC=C)cnc2c(Br)cc(Br)cc12. The first-order valence-electron chi connectivity index (χ1n) is 5.78. The number of hydrogen-bond donors (Lipinski definition) is 0. The normalized spacial score (nSPS) is 10.4. The lowest BCUT2D eigenvalue weighted by molar-refractivity contribution is 0.364. The van der Waals surface area contributed by atoms with Crippen LogP contribution >= 0.6 is 31.9 Å². The fourth-order valence-electron chi connectivity index (χ4n) is 1.86. The number of nitrogens with zero attached hydrogens (tertiary/aromatic N) is 1. The van der Waals surface area contributed by atoms with Gasteiger partial charge in [-0.3, -0.25) is 4.98 Å². The zero-order valence-corrected chi connectivity index (χ0v) is 13.5. The number of pyridine rings is 1. The average molecular weight is 383 g/mol. The van der Waals surface area contributed by atoms with Crippen LogP contribution < -0.4 is 4.74 Å². The van der Waals surface area contributed by atoms with Crippen molar-refractivity contribution in [2.45, 2.75) is 6.42 Å². The first-order valence-corrected chi connectivity index (χ1v) is 7.37. The molecule has 0 aliphatic carbocycles. The minimum absolute atomic E-state index is 0.466. The molecule has 0 radical (unpaired) electrons. The van der Waals surface area contributed by atoms with Crippen LogP contribution in [0.4, 0.5) is 0 Å². The standard InChI is InChI=1S/C15H13Br2NO/c1-3-5-10-9-18-14-12(15(10)19-6-4-2)7-11(16)8-13(14)17/h3-4,7-9H,1-2,5-6H2. The molecule has 0 bridgehead atoms. The quantitative estimate of drug-likeness (QED) is 0.674. The Labute approximate surface area is 129 Å². The summed E-state index contributed by atoms with van der Waals surface area (Å²) in [4.78, 5) is 4.49. The van der Waals surface area contributed by atoms with Crippen LogP contribution in [0.15, 0.2) is 52.6 Å². The van der Waals surface area contributed by atoms with E-state index in [0.29, 0.717) is 6.61 Å². The van der Waals surface area contributed by atoms with Crippen LogP contribution in [0.5, 0.6) is 5.75 Å². The van der Waals surface area contributed by atoms with E-state index in [0.717, 1.165) is 37.6 Å². The van der Waals surface area contributed by atoms with E-state index in [1.165, 1.54) is 0 Å². The van der Waals surface area contributed by atoms with Gasteiger partial charge in [0.2, 0.25) is 0 Å². The second-order valence-corrected chi connectivity index (χ2v) is 5.76. The monoisotopic (exact) mass is 381 g/mol. The van der Waals surface area contributed by atoms with Crippen molar-refractivity contribution in [3.8, 4) is 5.75 Å². The molecule has 1 heterocycles. The molecular formula is C15H13Br2NO. The van der Waals surface area contributed by atoms with Gasteiger partial charge in [0.05, 0.1) is 5.52 Å². The lowest BCUT2D eigenvalue weighted by Gasteiger charge is -2.13. The predicted molar refractivity (Wildman–Crippen MR) is 86.7 cm³/mol. The topological polar surface area (TPSA) is 22.1 Å². The molecule has 0 fully saturated rings. The Kier molecular flexibility index (Phi) is 4.77. The van der Waals surface area contributed by atoms with Gasteiger partial charge in [-0.1, -0.05) is 34.7 Å². The summed E-state index contributed by atoms with van der Waals surface area (Å²) >= 11 is 7.02. The number of allylic oxidation sites excluding steroid dienone is 1. The lowest BCUT2D eigenvalue weighted by atomic mass is 10.1. The van der Waals surface area contributed by atoms with Crippen LogP contribution in [-0.4, -0.2) is 11.6 Å². The van der Waals surface area contributed by atoms with Gasteiger partial charge in [-0.2, -0.15) is 0 Å². The van der Waals surface area contributed by atoms with Gasteiger partial charge in [0.1, 0.15) is 12.4 Å². The minimum Gasteiger partial charge on any atom is -0.488 e. The lowest BCUT2D eigenvalue weighted by Crippen LogP contribution is -1.99. The number of aromatic nitrogens is 1. The Morgan fingerprint density at radius 2 is 2.00 bits per heavy atom. The summed E-state index contributed by atoms with van der Waals surface area (Å²) in [5, 5.41) is 0.974. The van der Waals surface area contributed by atoms with E-state index in [1.807, 2.05) is 24.4 Å². The maximum Gasteiger partial charge on any atom is 0.134 e. The van der Waals surface area contributed by atoms with Crippen molar-refractivity contribution in [3.05, 3.63) is 58.1 Å². The van der Waals surface area contributed by atoms with Crippen LogP contribution in [0.3, 0.4) is 0 Å². The maximum atomic E-state index is 5.81. The molecule has 0 aliphatic rings. The molecule has 2 nitrogen and oxygen atoms in total. The van der Waals surface area contributed by atoms with Crippen molar-refractivity contribution in [2.24, 2.45) is 0 Å². The third kappa shape index (κ3) is 3.07. The fourth-order valence-corrected chi connectivity index (χ4v) is 3.19. The molecule has 98 valence electrons. The number of rotatable bonds is 5. The number of benzene rings is 1. The highest BCUT2D eigenvalue weighted by molar-refractivity contribution is 9.11. The Balaban J connectivity index is 2.69. The average Bonchev–Trinajstić information content (AvgIpc) is 2.37. The molecule has 4 heteroatoms. The molecule has 2 aromatic rings. The number of halogens is 2. The van der Waals surface area contributed by atoms with Gasteiger partial charge in [0, 0.05) is 26.1 Å². The molecule has 0 saturated carbocycles. The molecular weight excluding hydrogens is 370 g/mol. The van der Waals surface area contributed by atoms with Crippen LogP contribution in [-0.2, 0) is 6.42 Å². The van der Waals surface area contributed by atoms with Gasteiger partial charge in [0.15, 0.2) is 0 Å². The molecule has 0 N–H and O–H groups in total. The van der Waals surface area contributed by atoms with Crippen molar-refractivity contribution in [2.75, 3.05) is 6.61 Å². The Morgan fingerprint density at radius 3 is 2.68 bits per heavy atom. The second kappa shape index (κ2) is 6.35.